The minimum Gasteiger partial charge on any atom is -0.256 e. The van der Waals surface area contributed by atoms with Gasteiger partial charge in [0.15, 0.2) is 0 Å². The molecule has 0 unspecified atom stereocenters. The Kier molecular flexibility index (Phi) is 6.06. The molecular formula is C35H27N3O2S. The Morgan fingerprint density at radius 3 is 2.20 bits per heavy atom. The molecule has 0 fully saturated rings. The van der Waals surface area contributed by atoms with Crippen molar-refractivity contribution in [3.8, 4) is 22.4 Å². The van der Waals surface area contributed by atoms with Crippen molar-refractivity contribution in [2.75, 3.05) is 4.83 Å². The summed E-state index contributed by atoms with van der Waals surface area (Å²) in [5.41, 5.74) is 7.37. The van der Waals surface area contributed by atoms with E-state index in [1.807, 2.05) is 85.9 Å². The van der Waals surface area contributed by atoms with Gasteiger partial charge in [-0.15, -0.1) is 0 Å². The number of nitrogens with one attached hydrogen (secondary N) is 1. The number of fused-ring (bicyclic) bond motifs is 4. The van der Waals surface area contributed by atoms with E-state index >= 15 is 0 Å². The molecule has 2 heterocycles. The van der Waals surface area contributed by atoms with E-state index in [0.717, 1.165) is 60.9 Å². The smallest absolute Gasteiger partial charge is 0.256 e. The lowest BCUT2D eigenvalue weighted by molar-refractivity contribution is 0.594. The summed E-state index contributed by atoms with van der Waals surface area (Å²) in [7, 11) is -3.90. The van der Waals surface area contributed by atoms with Gasteiger partial charge in [0.05, 0.1) is 21.8 Å². The maximum absolute atomic E-state index is 13.8. The SMILES string of the molecule is Cc1ccc(S(=O)(=O)Nn2cc3c4ccccc4nc-3c(-c3cccc4ccccc34)c2Cc2ccccc2)cc1. The van der Waals surface area contributed by atoms with Gasteiger partial charge in [-0.2, -0.15) is 8.42 Å². The lowest BCUT2D eigenvalue weighted by Gasteiger charge is -2.23. The van der Waals surface area contributed by atoms with Gasteiger partial charge in [0.2, 0.25) is 0 Å². The van der Waals surface area contributed by atoms with Gasteiger partial charge >= 0.3 is 0 Å². The van der Waals surface area contributed by atoms with Crippen molar-refractivity contribution >= 4 is 31.7 Å². The first-order valence-corrected chi connectivity index (χ1v) is 15.0. The molecular weight excluding hydrogens is 526 g/mol. The third-order valence-electron chi connectivity index (χ3n) is 7.58. The Hall–Kier alpha value is -4.94. The van der Waals surface area contributed by atoms with Crippen molar-refractivity contribution in [2.24, 2.45) is 0 Å². The molecule has 5 aromatic rings. The Labute approximate surface area is 239 Å². The molecule has 0 bridgehead atoms. The Bertz CT molecular complexity index is 2110. The number of para-hydroxylation sites is 1. The van der Waals surface area contributed by atoms with Gasteiger partial charge in [0.1, 0.15) is 0 Å². The minimum atomic E-state index is -3.90. The zero-order valence-corrected chi connectivity index (χ0v) is 23.3. The molecule has 5 nitrogen and oxygen atoms in total. The average molecular weight is 554 g/mol. The normalized spacial score (nSPS) is 11.8. The van der Waals surface area contributed by atoms with Crippen LogP contribution in [0.25, 0.3) is 44.1 Å². The highest BCUT2D eigenvalue weighted by Crippen LogP contribution is 2.43. The highest BCUT2D eigenvalue weighted by atomic mass is 32.2. The summed E-state index contributed by atoms with van der Waals surface area (Å²) in [6.45, 7) is 1.94. The van der Waals surface area contributed by atoms with E-state index in [4.69, 9.17) is 4.98 Å². The van der Waals surface area contributed by atoms with Crippen LogP contribution in [0.1, 0.15) is 16.8 Å². The lowest BCUT2D eigenvalue weighted by atomic mass is 9.91. The first kappa shape index (κ1) is 25.1. The molecule has 0 saturated carbocycles. The summed E-state index contributed by atoms with van der Waals surface area (Å²) >= 11 is 0. The molecule has 0 amide bonds. The number of hydrogen-bond donors (Lipinski definition) is 1. The summed E-state index contributed by atoms with van der Waals surface area (Å²) in [4.78, 5) is 8.23. The van der Waals surface area contributed by atoms with Crippen LogP contribution in [0.3, 0.4) is 0 Å². The predicted octanol–water partition coefficient (Wildman–Crippen LogP) is 7.79. The molecule has 7 rings (SSSR count). The van der Waals surface area contributed by atoms with Gasteiger partial charge in [-0.25, -0.2) is 9.82 Å². The third kappa shape index (κ3) is 4.52. The van der Waals surface area contributed by atoms with Gasteiger partial charge in [-0.1, -0.05) is 109 Å². The molecule has 0 atom stereocenters. The van der Waals surface area contributed by atoms with Crippen LogP contribution in [-0.4, -0.2) is 18.1 Å². The number of pyridine rings is 1. The quantitative estimate of drug-likeness (QED) is 0.229. The average Bonchev–Trinajstić information content (AvgIpc) is 3.36. The molecule has 6 heteroatoms. The van der Waals surface area contributed by atoms with E-state index in [9.17, 15) is 8.42 Å². The van der Waals surface area contributed by atoms with Crippen molar-refractivity contribution in [1.29, 1.82) is 0 Å². The highest BCUT2D eigenvalue weighted by Gasteiger charge is 2.26. The maximum Gasteiger partial charge on any atom is 0.275 e. The molecule has 0 spiro atoms. The molecule has 2 aliphatic rings. The number of aromatic nitrogens is 2. The largest absolute Gasteiger partial charge is 0.275 e. The van der Waals surface area contributed by atoms with Gasteiger partial charge in [0, 0.05) is 29.1 Å². The zero-order chi connectivity index (χ0) is 28.0. The van der Waals surface area contributed by atoms with E-state index in [-0.39, 0.29) is 4.90 Å². The lowest BCUT2D eigenvalue weighted by Crippen LogP contribution is -2.27. The minimum absolute atomic E-state index is 0.207. The first-order chi connectivity index (χ1) is 20.0. The first-order valence-electron chi connectivity index (χ1n) is 13.5. The number of rotatable bonds is 6. The molecule has 0 saturated heterocycles. The molecule has 2 aliphatic heterocycles. The summed E-state index contributed by atoms with van der Waals surface area (Å²) < 4.78 is 29.2. The topological polar surface area (TPSA) is 64.0 Å². The standard InChI is InChI=1S/C35H27N3O2S/c1-24-18-20-27(21-19-24)41(39,40)37-38-23-31-29-15-7-8-17-32(29)36-35(31)34(33(38)22-25-10-3-2-4-11-25)30-16-9-13-26-12-5-6-14-28(26)30/h2-21,23,37H,22H2,1H3. The molecule has 0 aromatic heterocycles. The molecule has 1 N–H and O–H groups in total. The number of sulfonamides is 1. The Morgan fingerprint density at radius 1 is 0.707 bits per heavy atom. The molecule has 0 radical (unpaired) electrons. The number of benzene rings is 5. The van der Waals surface area contributed by atoms with Crippen LogP contribution in [0, 0.1) is 6.92 Å². The predicted molar refractivity (Wildman–Crippen MR) is 166 cm³/mol. The van der Waals surface area contributed by atoms with Crippen molar-refractivity contribution in [1.82, 2.24) is 9.66 Å². The Balaban J connectivity index is 1.57. The summed E-state index contributed by atoms with van der Waals surface area (Å²) in [6, 6.07) is 39.5. The van der Waals surface area contributed by atoms with Crippen LogP contribution in [0.5, 0.6) is 0 Å². The fourth-order valence-corrected chi connectivity index (χ4v) is 6.58. The molecule has 0 aliphatic carbocycles. The van der Waals surface area contributed by atoms with Crippen LogP contribution in [-0.2, 0) is 16.4 Å². The van der Waals surface area contributed by atoms with Crippen LogP contribution >= 0.6 is 0 Å². The van der Waals surface area contributed by atoms with Crippen LogP contribution in [0.4, 0.5) is 0 Å². The second-order valence-electron chi connectivity index (χ2n) is 10.3. The van der Waals surface area contributed by atoms with E-state index < -0.39 is 10.0 Å². The van der Waals surface area contributed by atoms with Crippen LogP contribution in [0.15, 0.2) is 132 Å². The second kappa shape index (κ2) is 9.91. The molecule has 5 aromatic carbocycles. The fourth-order valence-electron chi connectivity index (χ4n) is 5.56. The van der Waals surface area contributed by atoms with Crippen molar-refractivity contribution in [3.63, 3.8) is 0 Å². The number of aryl methyl sites for hydroxylation is 1. The molecule has 200 valence electrons. The fraction of sp³-hybridized carbons (Fsp3) is 0.0571. The summed E-state index contributed by atoms with van der Waals surface area (Å²) in [6.07, 6.45) is 2.37. The number of hydrogen-bond acceptors (Lipinski definition) is 3. The third-order valence-corrected chi connectivity index (χ3v) is 8.91. The number of nitrogens with zero attached hydrogens (tertiary/aromatic N) is 2. The van der Waals surface area contributed by atoms with Crippen molar-refractivity contribution < 1.29 is 8.42 Å². The van der Waals surface area contributed by atoms with E-state index in [2.05, 4.69) is 41.2 Å². The van der Waals surface area contributed by atoms with Gasteiger partial charge in [-0.3, -0.25) is 4.68 Å². The van der Waals surface area contributed by atoms with E-state index in [0.29, 0.717) is 6.42 Å². The monoisotopic (exact) mass is 553 g/mol. The second-order valence-corrected chi connectivity index (χ2v) is 12.0. The van der Waals surface area contributed by atoms with Gasteiger partial charge in [-0.05, 0) is 47.0 Å². The highest BCUT2D eigenvalue weighted by molar-refractivity contribution is 7.92. The van der Waals surface area contributed by atoms with Gasteiger partial charge in [0.25, 0.3) is 10.0 Å². The summed E-state index contributed by atoms with van der Waals surface area (Å²) in [5.74, 6) is 0. The van der Waals surface area contributed by atoms with Crippen molar-refractivity contribution in [2.45, 2.75) is 18.2 Å². The van der Waals surface area contributed by atoms with Crippen LogP contribution < -0.4 is 4.83 Å². The Morgan fingerprint density at radius 2 is 1.39 bits per heavy atom. The summed E-state index contributed by atoms with van der Waals surface area (Å²) in [5, 5.41) is 3.16. The maximum atomic E-state index is 13.8. The zero-order valence-electron chi connectivity index (χ0n) is 22.5. The molecule has 41 heavy (non-hydrogen) atoms. The van der Waals surface area contributed by atoms with E-state index in [1.54, 1.807) is 16.8 Å². The van der Waals surface area contributed by atoms with Gasteiger partial charge < -0.3 is 0 Å². The van der Waals surface area contributed by atoms with Crippen molar-refractivity contribution in [3.05, 3.63) is 144 Å². The van der Waals surface area contributed by atoms with Crippen LogP contribution in [0.2, 0.25) is 0 Å². The van der Waals surface area contributed by atoms with E-state index in [1.165, 1.54) is 0 Å².